The highest BCUT2D eigenvalue weighted by atomic mass is 19.3. The molecule has 0 aromatic carbocycles. The second-order valence-corrected chi connectivity index (χ2v) is 8.74. The smallest absolute Gasteiger partial charge is 0.280 e. The van der Waals surface area contributed by atoms with Crippen LogP contribution in [0.1, 0.15) is 34.1 Å². The summed E-state index contributed by atoms with van der Waals surface area (Å²) in [5.74, 6) is -3.00. The third kappa shape index (κ3) is 4.04. The Morgan fingerprint density at radius 2 is 1.50 bits per heavy atom. The summed E-state index contributed by atoms with van der Waals surface area (Å²) in [5.41, 5.74) is 0. The molecule has 7 heteroatoms. The number of rotatable bonds is 4. The fourth-order valence-electron chi connectivity index (χ4n) is 4.48. The van der Waals surface area contributed by atoms with E-state index in [2.05, 4.69) is 37.5 Å². The van der Waals surface area contributed by atoms with E-state index in [-0.39, 0.29) is 11.8 Å². The normalized spacial score (nSPS) is 29.4. The van der Waals surface area contributed by atoms with Gasteiger partial charge in [0, 0.05) is 57.9 Å². The summed E-state index contributed by atoms with van der Waals surface area (Å²) in [6.07, 6.45) is 0.376. The molecule has 3 aliphatic heterocycles. The minimum Gasteiger partial charge on any atom is -0.336 e. The molecule has 0 aromatic heterocycles. The zero-order valence-corrected chi connectivity index (χ0v) is 16.6. The van der Waals surface area contributed by atoms with Crippen LogP contribution in [0.5, 0.6) is 0 Å². The third-order valence-corrected chi connectivity index (χ3v) is 6.38. The standard InChI is InChI=1S/C19H34F2N4O/c1-14(2)22-7-9-23(10-8-22)17-5-6-24(13-19(17,20)21)18(26)16-11-25(12-16)15(3)4/h14-17H,5-13H2,1-4H3/t17-/m1/s1. The van der Waals surface area contributed by atoms with Gasteiger partial charge in [-0.15, -0.1) is 0 Å². The number of amides is 1. The molecule has 0 spiro atoms. The molecule has 0 N–H and O–H groups in total. The van der Waals surface area contributed by atoms with Crippen LogP contribution in [0.3, 0.4) is 0 Å². The van der Waals surface area contributed by atoms with E-state index in [1.807, 2.05) is 4.90 Å². The van der Waals surface area contributed by atoms with Gasteiger partial charge in [-0.3, -0.25) is 19.5 Å². The predicted molar refractivity (Wildman–Crippen MR) is 98.4 cm³/mol. The highest BCUT2D eigenvalue weighted by molar-refractivity contribution is 5.80. The second-order valence-electron chi connectivity index (χ2n) is 8.74. The lowest BCUT2D eigenvalue weighted by atomic mass is 9.93. The minimum atomic E-state index is -2.82. The second kappa shape index (κ2) is 7.68. The molecule has 1 amide bonds. The van der Waals surface area contributed by atoms with Gasteiger partial charge in [-0.25, -0.2) is 8.78 Å². The van der Waals surface area contributed by atoms with Crippen molar-refractivity contribution in [2.75, 3.05) is 52.4 Å². The van der Waals surface area contributed by atoms with E-state index >= 15 is 0 Å². The van der Waals surface area contributed by atoms with Crippen LogP contribution in [-0.2, 0) is 4.79 Å². The number of piperazine rings is 1. The van der Waals surface area contributed by atoms with Gasteiger partial charge in [0.1, 0.15) is 0 Å². The average Bonchev–Trinajstić information content (AvgIpc) is 2.52. The maximum atomic E-state index is 14.9. The first-order chi connectivity index (χ1) is 12.2. The summed E-state index contributed by atoms with van der Waals surface area (Å²) in [7, 11) is 0. The van der Waals surface area contributed by atoms with E-state index < -0.39 is 18.5 Å². The molecule has 0 radical (unpaired) electrons. The number of carbonyl (C=O) groups excluding carboxylic acids is 1. The molecule has 3 fully saturated rings. The van der Waals surface area contributed by atoms with Crippen molar-refractivity contribution in [1.82, 2.24) is 19.6 Å². The zero-order chi connectivity index (χ0) is 19.1. The predicted octanol–water partition coefficient (Wildman–Crippen LogP) is 1.59. The number of halogens is 2. The van der Waals surface area contributed by atoms with Gasteiger partial charge in [-0.1, -0.05) is 0 Å². The Kier molecular flexibility index (Phi) is 5.89. The third-order valence-electron chi connectivity index (χ3n) is 6.38. The monoisotopic (exact) mass is 372 g/mol. The average molecular weight is 373 g/mol. The summed E-state index contributed by atoms with van der Waals surface area (Å²) in [6, 6.07) is 0.148. The Morgan fingerprint density at radius 1 is 0.923 bits per heavy atom. The zero-order valence-electron chi connectivity index (χ0n) is 16.6. The molecule has 0 aliphatic carbocycles. The molecule has 0 unspecified atom stereocenters. The van der Waals surface area contributed by atoms with Crippen LogP contribution >= 0.6 is 0 Å². The molecule has 5 nitrogen and oxygen atoms in total. The molecule has 0 bridgehead atoms. The molecular formula is C19H34F2N4O. The van der Waals surface area contributed by atoms with Crippen molar-refractivity contribution in [3.8, 4) is 0 Å². The maximum Gasteiger partial charge on any atom is 0.280 e. The van der Waals surface area contributed by atoms with E-state index in [9.17, 15) is 13.6 Å². The lowest BCUT2D eigenvalue weighted by Crippen LogP contribution is -2.65. The van der Waals surface area contributed by atoms with Gasteiger partial charge >= 0.3 is 0 Å². The Bertz CT molecular complexity index is 500. The summed E-state index contributed by atoms with van der Waals surface area (Å²) < 4.78 is 29.7. The Labute approximate surface area is 156 Å². The summed E-state index contributed by atoms with van der Waals surface area (Å²) in [5, 5.41) is 0. The molecule has 3 aliphatic rings. The van der Waals surface area contributed by atoms with Crippen LogP contribution in [-0.4, -0.2) is 102 Å². The minimum absolute atomic E-state index is 0.0790. The first-order valence-corrected chi connectivity index (χ1v) is 10.1. The van der Waals surface area contributed by atoms with Crippen molar-refractivity contribution in [2.45, 2.75) is 58.2 Å². The van der Waals surface area contributed by atoms with Crippen molar-refractivity contribution < 1.29 is 13.6 Å². The molecule has 3 heterocycles. The number of likely N-dealkylation sites (tertiary alicyclic amines) is 2. The number of piperidine rings is 1. The quantitative estimate of drug-likeness (QED) is 0.750. The topological polar surface area (TPSA) is 30.0 Å². The van der Waals surface area contributed by atoms with Crippen molar-refractivity contribution >= 4 is 5.91 Å². The highest BCUT2D eigenvalue weighted by Gasteiger charge is 2.50. The Morgan fingerprint density at radius 3 is 2.00 bits per heavy atom. The van der Waals surface area contributed by atoms with Crippen LogP contribution in [0, 0.1) is 5.92 Å². The first kappa shape index (κ1) is 20.0. The summed E-state index contributed by atoms with van der Waals surface area (Å²) >= 11 is 0. The lowest BCUT2D eigenvalue weighted by molar-refractivity contribution is -0.164. The van der Waals surface area contributed by atoms with E-state index in [1.54, 1.807) is 0 Å². The van der Waals surface area contributed by atoms with Crippen LogP contribution < -0.4 is 0 Å². The van der Waals surface area contributed by atoms with Crippen molar-refractivity contribution in [2.24, 2.45) is 5.92 Å². The molecular weight excluding hydrogens is 338 g/mol. The van der Waals surface area contributed by atoms with Gasteiger partial charge in [-0.05, 0) is 34.1 Å². The van der Waals surface area contributed by atoms with E-state index in [0.717, 1.165) is 13.1 Å². The number of alkyl halides is 2. The SMILES string of the molecule is CC(C)N1CCN([C@@H]2CCN(C(=O)C3CN(C(C)C)C3)CC2(F)F)CC1. The van der Waals surface area contributed by atoms with Crippen molar-refractivity contribution in [3.05, 3.63) is 0 Å². The van der Waals surface area contributed by atoms with Crippen LogP contribution in [0.2, 0.25) is 0 Å². The van der Waals surface area contributed by atoms with Gasteiger partial charge in [0.25, 0.3) is 5.92 Å². The van der Waals surface area contributed by atoms with Crippen LogP contribution in [0.25, 0.3) is 0 Å². The fourth-order valence-corrected chi connectivity index (χ4v) is 4.48. The van der Waals surface area contributed by atoms with Gasteiger partial charge in [0.05, 0.1) is 18.5 Å². The number of carbonyl (C=O) groups is 1. The highest BCUT2D eigenvalue weighted by Crippen LogP contribution is 2.33. The molecule has 1 atom stereocenters. The Hall–Kier alpha value is -0.790. The van der Waals surface area contributed by atoms with Crippen LogP contribution in [0.15, 0.2) is 0 Å². The number of hydrogen-bond acceptors (Lipinski definition) is 4. The van der Waals surface area contributed by atoms with Crippen LogP contribution in [0.4, 0.5) is 8.78 Å². The van der Waals surface area contributed by atoms with Gasteiger partial charge in [0.2, 0.25) is 5.91 Å². The van der Waals surface area contributed by atoms with E-state index in [1.165, 1.54) is 4.90 Å². The number of hydrogen-bond donors (Lipinski definition) is 0. The molecule has 0 saturated carbocycles. The Balaban J connectivity index is 1.53. The van der Waals surface area contributed by atoms with Crippen molar-refractivity contribution in [3.63, 3.8) is 0 Å². The molecule has 26 heavy (non-hydrogen) atoms. The molecule has 3 saturated heterocycles. The summed E-state index contributed by atoms with van der Waals surface area (Å²) in [4.78, 5) is 20.5. The molecule has 150 valence electrons. The largest absolute Gasteiger partial charge is 0.336 e. The van der Waals surface area contributed by atoms with Gasteiger partial charge < -0.3 is 4.90 Å². The molecule has 3 rings (SSSR count). The van der Waals surface area contributed by atoms with E-state index in [0.29, 0.717) is 51.2 Å². The fraction of sp³-hybridized carbons (Fsp3) is 0.947. The van der Waals surface area contributed by atoms with E-state index in [4.69, 9.17) is 0 Å². The maximum absolute atomic E-state index is 14.9. The van der Waals surface area contributed by atoms with Gasteiger partial charge in [0.15, 0.2) is 0 Å². The van der Waals surface area contributed by atoms with Crippen molar-refractivity contribution in [1.29, 1.82) is 0 Å². The number of nitrogens with zero attached hydrogens (tertiary/aromatic N) is 4. The first-order valence-electron chi connectivity index (χ1n) is 10.1. The van der Waals surface area contributed by atoms with Gasteiger partial charge in [-0.2, -0.15) is 0 Å². The molecule has 0 aromatic rings. The summed E-state index contributed by atoms with van der Waals surface area (Å²) in [6.45, 7) is 13.0. The lowest BCUT2D eigenvalue weighted by Gasteiger charge is -2.48.